The van der Waals surface area contributed by atoms with Gasteiger partial charge >= 0.3 is 0 Å². The Hall–Kier alpha value is -1.74. The van der Waals surface area contributed by atoms with Gasteiger partial charge in [0.2, 0.25) is 0 Å². The molecule has 1 aromatic carbocycles. The van der Waals surface area contributed by atoms with Crippen molar-refractivity contribution >= 4 is 17.7 Å². The van der Waals surface area contributed by atoms with Gasteiger partial charge in [-0.15, -0.1) is 0 Å². The fourth-order valence-corrected chi connectivity index (χ4v) is 2.34. The minimum atomic E-state index is -0.335. The number of hydrogen-bond acceptors (Lipinski definition) is 3. The molecular weight excluding hydrogens is 299 g/mol. The van der Waals surface area contributed by atoms with E-state index < -0.39 is 0 Å². The number of nitrogens with one attached hydrogen (secondary N) is 2. The second-order valence-electron chi connectivity index (χ2n) is 4.74. The zero-order valence-corrected chi connectivity index (χ0v) is 14.0. The van der Waals surface area contributed by atoms with Gasteiger partial charge in [-0.05, 0) is 50.0 Å². The maximum atomic E-state index is 13.7. The first kappa shape index (κ1) is 18.3. The van der Waals surface area contributed by atoms with Gasteiger partial charge in [-0.25, -0.2) is 9.38 Å². The summed E-state index contributed by atoms with van der Waals surface area (Å²) in [7, 11) is 0. The Bertz CT molecular complexity index is 525. The molecule has 0 radical (unpaired) electrons. The zero-order chi connectivity index (χ0) is 16.2. The molecule has 0 bridgehead atoms. The van der Waals surface area contributed by atoms with Crippen molar-refractivity contribution < 1.29 is 4.39 Å². The lowest BCUT2D eigenvalue weighted by molar-refractivity contribution is 0.610. The maximum absolute atomic E-state index is 13.7. The smallest absolute Gasteiger partial charge is 0.191 e. The van der Waals surface area contributed by atoms with E-state index >= 15 is 0 Å². The Labute approximate surface area is 136 Å². The molecule has 0 atom stereocenters. The molecule has 6 heteroatoms. The predicted octanol–water partition coefficient (Wildman–Crippen LogP) is 2.90. The Morgan fingerprint density at radius 2 is 2.18 bits per heavy atom. The molecule has 0 aliphatic heterocycles. The van der Waals surface area contributed by atoms with Gasteiger partial charge in [0.25, 0.3) is 0 Å². The van der Waals surface area contributed by atoms with Crippen molar-refractivity contribution in [3.8, 4) is 6.07 Å². The standard InChI is InChI=1S/C16H23FN4S/c1-3-19-16(20-8-4-5-9-22-2)21-12-14-10-13(11-18)6-7-15(14)17/h6-7,10H,3-5,8-9,12H2,1-2H3,(H2,19,20,21). The number of rotatable bonds is 8. The lowest BCUT2D eigenvalue weighted by Crippen LogP contribution is -2.37. The average Bonchev–Trinajstić information content (AvgIpc) is 2.53. The molecule has 1 rings (SSSR count). The molecule has 0 spiro atoms. The molecule has 0 aliphatic carbocycles. The molecule has 0 heterocycles. The summed E-state index contributed by atoms with van der Waals surface area (Å²) < 4.78 is 13.7. The molecule has 1 aromatic rings. The SMILES string of the molecule is CCNC(=NCc1cc(C#N)ccc1F)NCCCCSC. The van der Waals surface area contributed by atoms with Crippen molar-refractivity contribution in [2.24, 2.45) is 4.99 Å². The predicted molar refractivity (Wildman–Crippen MR) is 91.5 cm³/mol. The van der Waals surface area contributed by atoms with Gasteiger partial charge in [0.1, 0.15) is 5.82 Å². The minimum absolute atomic E-state index is 0.210. The normalized spacial score (nSPS) is 11.1. The molecule has 4 nitrogen and oxygen atoms in total. The van der Waals surface area contributed by atoms with Crippen molar-refractivity contribution in [3.63, 3.8) is 0 Å². The maximum Gasteiger partial charge on any atom is 0.191 e. The summed E-state index contributed by atoms with van der Waals surface area (Å²) in [5.74, 6) is 1.49. The van der Waals surface area contributed by atoms with E-state index in [0.29, 0.717) is 17.1 Å². The number of unbranched alkanes of at least 4 members (excludes halogenated alkanes) is 1. The van der Waals surface area contributed by atoms with Gasteiger partial charge in [-0.2, -0.15) is 17.0 Å². The van der Waals surface area contributed by atoms with Crippen molar-refractivity contribution in [2.45, 2.75) is 26.3 Å². The molecule has 0 saturated carbocycles. The zero-order valence-electron chi connectivity index (χ0n) is 13.2. The van der Waals surface area contributed by atoms with Crippen molar-refractivity contribution in [1.82, 2.24) is 10.6 Å². The van der Waals surface area contributed by atoms with E-state index in [-0.39, 0.29) is 12.4 Å². The van der Waals surface area contributed by atoms with Crippen LogP contribution in [0.2, 0.25) is 0 Å². The average molecular weight is 322 g/mol. The highest BCUT2D eigenvalue weighted by molar-refractivity contribution is 7.98. The van der Waals surface area contributed by atoms with Crippen LogP contribution in [0, 0.1) is 17.1 Å². The van der Waals surface area contributed by atoms with Crippen LogP contribution in [0.4, 0.5) is 4.39 Å². The van der Waals surface area contributed by atoms with Crippen LogP contribution >= 0.6 is 11.8 Å². The topological polar surface area (TPSA) is 60.2 Å². The molecule has 0 aromatic heterocycles. The highest BCUT2D eigenvalue weighted by Gasteiger charge is 2.04. The number of guanidine groups is 1. The third-order valence-electron chi connectivity index (χ3n) is 2.99. The molecular formula is C16H23FN4S. The van der Waals surface area contributed by atoms with Crippen LogP contribution in [0.15, 0.2) is 23.2 Å². The lowest BCUT2D eigenvalue weighted by atomic mass is 10.1. The van der Waals surface area contributed by atoms with Gasteiger partial charge in [-0.1, -0.05) is 0 Å². The number of halogens is 1. The monoisotopic (exact) mass is 322 g/mol. The number of aliphatic imine (C=N–C) groups is 1. The molecule has 120 valence electrons. The summed E-state index contributed by atoms with van der Waals surface area (Å²) in [4.78, 5) is 4.38. The van der Waals surface area contributed by atoms with Crippen LogP contribution in [-0.2, 0) is 6.54 Å². The van der Waals surface area contributed by atoms with Gasteiger partial charge in [-0.3, -0.25) is 0 Å². The third kappa shape index (κ3) is 6.81. The van der Waals surface area contributed by atoms with Gasteiger partial charge in [0.15, 0.2) is 5.96 Å². The van der Waals surface area contributed by atoms with Crippen LogP contribution in [-0.4, -0.2) is 31.1 Å². The van der Waals surface area contributed by atoms with Gasteiger partial charge in [0, 0.05) is 18.7 Å². The Morgan fingerprint density at radius 3 is 2.86 bits per heavy atom. The Kier molecular flexibility index (Phi) is 9.08. The van der Waals surface area contributed by atoms with Gasteiger partial charge in [0.05, 0.1) is 18.2 Å². The third-order valence-corrected chi connectivity index (χ3v) is 3.69. The highest BCUT2D eigenvalue weighted by atomic mass is 32.2. The molecule has 2 N–H and O–H groups in total. The van der Waals surface area contributed by atoms with E-state index in [1.807, 2.05) is 24.8 Å². The minimum Gasteiger partial charge on any atom is -0.357 e. The Morgan fingerprint density at radius 1 is 1.36 bits per heavy atom. The molecule has 0 fully saturated rings. The van der Waals surface area contributed by atoms with Crippen LogP contribution < -0.4 is 10.6 Å². The van der Waals surface area contributed by atoms with E-state index in [1.54, 1.807) is 6.07 Å². The number of benzene rings is 1. The van der Waals surface area contributed by atoms with Crippen molar-refractivity contribution in [2.75, 3.05) is 25.1 Å². The van der Waals surface area contributed by atoms with Crippen LogP contribution in [0.3, 0.4) is 0 Å². The summed E-state index contributed by atoms with van der Waals surface area (Å²) in [6.45, 7) is 3.79. The van der Waals surface area contributed by atoms with E-state index in [0.717, 1.165) is 31.7 Å². The number of nitriles is 1. The molecule has 0 unspecified atom stereocenters. The quantitative estimate of drug-likeness (QED) is 0.439. The number of hydrogen-bond donors (Lipinski definition) is 2. The Balaban J connectivity index is 2.60. The van der Waals surface area contributed by atoms with Crippen LogP contribution in [0.5, 0.6) is 0 Å². The summed E-state index contributed by atoms with van der Waals surface area (Å²) in [5, 5.41) is 15.2. The fourth-order valence-electron chi connectivity index (χ4n) is 1.85. The molecule has 0 saturated heterocycles. The number of nitrogens with zero attached hydrogens (tertiary/aromatic N) is 2. The van der Waals surface area contributed by atoms with Crippen LogP contribution in [0.25, 0.3) is 0 Å². The molecule has 0 aliphatic rings. The lowest BCUT2D eigenvalue weighted by Gasteiger charge is -2.11. The van der Waals surface area contributed by atoms with E-state index in [9.17, 15) is 4.39 Å². The summed E-state index contributed by atoms with van der Waals surface area (Å²) in [6.07, 6.45) is 4.33. The summed E-state index contributed by atoms with van der Waals surface area (Å²) >= 11 is 1.84. The summed E-state index contributed by atoms with van der Waals surface area (Å²) in [6, 6.07) is 6.34. The fraction of sp³-hybridized carbons (Fsp3) is 0.500. The molecule has 22 heavy (non-hydrogen) atoms. The van der Waals surface area contributed by atoms with Crippen molar-refractivity contribution in [1.29, 1.82) is 5.26 Å². The second-order valence-corrected chi connectivity index (χ2v) is 5.73. The second kappa shape index (κ2) is 10.9. The summed E-state index contributed by atoms with van der Waals surface area (Å²) in [5.41, 5.74) is 0.875. The van der Waals surface area contributed by atoms with E-state index in [4.69, 9.17) is 5.26 Å². The van der Waals surface area contributed by atoms with E-state index in [1.165, 1.54) is 12.1 Å². The van der Waals surface area contributed by atoms with Crippen molar-refractivity contribution in [3.05, 3.63) is 35.1 Å². The molecule has 0 amide bonds. The first-order valence-electron chi connectivity index (χ1n) is 7.41. The van der Waals surface area contributed by atoms with Crippen LogP contribution in [0.1, 0.15) is 30.9 Å². The highest BCUT2D eigenvalue weighted by Crippen LogP contribution is 2.11. The first-order chi connectivity index (χ1) is 10.7. The van der Waals surface area contributed by atoms with E-state index in [2.05, 4.69) is 21.9 Å². The largest absolute Gasteiger partial charge is 0.357 e. The number of thioether (sulfide) groups is 1. The van der Waals surface area contributed by atoms with Gasteiger partial charge < -0.3 is 10.6 Å². The first-order valence-corrected chi connectivity index (χ1v) is 8.80.